The second-order valence-corrected chi connectivity index (χ2v) is 6.22. The number of carboxylic acids is 1. The number of H-pyrrole nitrogens is 1. The summed E-state index contributed by atoms with van der Waals surface area (Å²) in [7, 11) is 0. The van der Waals surface area contributed by atoms with Gasteiger partial charge in [0.2, 0.25) is 0 Å². The van der Waals surface area contributed by atoms with Crippen LogP contribution in [0.2, 0.25) is 0 Å². The number of aromatic carboxylic acids is 1. The lowest BCUT2D eigenvalue weighted by molar-refractivity contribution is -0.138. The van der Waals surface area contributed by atoms with Crippen LogP contribution in [0.15, 0.2) is 29.2 Å². The van der Waals surface area contributed by atoms with E-state index in [0.29, 0.717) is 11.3 Å². The van der Waals surface area contributed by atoms with Crippen molar-refractivity contribution in [2.24, 2.45) is 0 Å². The van der Waals surface area contributed by atoms with E-state index < -0.39 is 23.3 Å². The molecule has 0 radical (unpaired) electrons. The summed E-state index contributed by atoms with van der Waals surface area (Å²) in [6.45, 7) is 2.85. The predicted octanol–water partition coefficient (Wildman–Crippen LogP) is 3.26. The number of alkyl halides is 3. The summed E-state index contributed by atoms with van der Waals surface area (Å²) in [5, 5.41) is 11.8. The number of hydrogen-bond donors (Lipinski definition) is 3. The molecule has 2 aromatic heterocycles. The number of rotatable bonds is 4. The molecule has 0 unspecified atom stereocenters. The first-order valence-electron chi connectivity index (χ1n) is 8.11. The fraction of sp³-hybridized carbons (Fsp3) is 0.222. The Kier molecular flexibility index (Phi) is 4.80. The molecule has 0 aliphatic heterocycles. The van der Waals surface area contributed by atoms with E-state index in [-0.39, 0.29) is 34.5 Å². The summed E-state index contributed by atoms with van der Waals surface area (Å²) in [5.41, 5.74) is -0.887. The number of carbonyl (C=O) groups is 1. The molecule has 0 bridgehead atoms. The minimum Gasteiger partial charge on any atom is -0.477 e. The quantitative estimate of drug-likeness (QED) is 0.629. The number of aryl methyl sites for hydroxylation is 2. The molecule has 2 heterocycles. The van der Waals surface area contributed by atoms with Crippen LogP contribution in [-0.2, 0) is 12.7 Å². The van der Waals surface area contributed by atoms with E-state index in [1.807, 2.05) is 0 Å². The molecule has 28 heavy (non-hydrogen) atoms. The number of carboxylic acid groups (broad SMARTS) is 1. The highest BCUT2D eigenvalue weighted by Crippen LogP contribution is 2.34. The number of fused-ring (bicyclic) bond motifs is 1. The minimum absolute atomic E-state index is 0.0408. The summed E-state index contributed by atoms with van der Waals surface area (Å²) in [6, 6.07) is 3.32. The zero-order valence-corrected chi connectivity index (χ0v) is 14.8. The Morgan fingerprint density at radius 2 is 1.96 bits per heavy atom. The van der Waals surface area contributed by atoms with Crippen molar-refractivity contribution in [3.05, 3.63) is 63.0 Å². The fourth-order valence-electron chi connectivity index (χ4n) is 2.81. The molecule has 7 nitrogen and oxygen atoms in total. The number of pyridine rings is 1. The number of aromatic amines is 1. The first kappa shape index (κ1) is 19.3. The summed E-state index contributed by atoms with van der Waals surface area (Å²) < 4.78 is 40.5. The Morgan fingerprint density at radius 1 is 1.25 bits per heavy atom. The SMILES string of the molecule is Cc1nc2cc(C(F)(F)F)c(CNc3cnc(C(=O)O)cc3C)cc2c(=O)[nH]1. The number of anilines is 1. The lowest BCUT2D eigenvalue weighted by Crippen LogP contribution is -2.16. The van der Waals surface area contributed by atoms with E-state index in [1.54, 1.807) is 6.92 Å². The van der Waals surface area contributed by atoms with Crippen LogP contribution in [0.5, 0.6) is 0 Å². The first-order chi connectivity index (χ1) is 13.1. The second kappa shape index (κ2) is 6.95. The van der Waals surface area contributed by atoms with Crippen molar-refractivity contribution in [1.29, 1.82) is 0 Å². The van der Waals surface area contributed by atoms with Crippen LogP contribution < -0.4 is 10.9 Å². The van der Waals surface area contributed by atoms with Crippen LogP contribution >= 0.6 is 0 Å². The van der Waals surface area contributed by atoms with E-state index in [2.05, 4.69) is 20.3 Å². The molecular weight excluding hydrogens is 377 g/mol. The van der Waals surface area contributed by atoms with Crippen LogP contribution in [0.25, 0.3) is 10.9 Å². The smallest absolute Gasteiger partial charge is 0.416 e. The Balaban J connectivity index is 2.02. The molecule has 3 N–H and O–H groups in total. The first-order valence-corrected chi connectivity index (χ1v) is 8.11. The average molecular weight is 392 g/mol. The lowest BCUT2D eigenvalue weighted by atomic mass is 10.0. The molecule has 0 aliphatic rings. The van der Waals surface area contributed by atoms with E-state index in [0.717, 1.165) is 12.1 Å². The summed E-state index contributed by atoms with van der Waals surface area (Å²) >= 11 is 0. The Hall–Kier alpha value is -3.43. The van der Waals surface area contributed by atoms with Gasteiger partial charge in [-0.05, 0) is 43.2 Å². The van der Waals surface area contributed by atoms with Crippen molar-refractivity contribution in [2.45, 2.75) is 26.6 Å². The van der Waals surface area contributed by atoms with Crippen molar-refractivity contribution >= 4 is 22.6 Å². The molecule has 146 valence electrons. The van der Waals surface area contributed by atoms with Crippen LogP contribution in [0.3, 0.4) is 0 Å². The maximum absolute atomic E-state index is 13.5. The molecule has 1 aromatic carbocycles. The van der Waals surface area contributed by atoms with Gasteiger partial charge in [0.25, 0.3) is 5.56 Å². The van der Waals surface area contributed by atoms with Crippen LogP contribution in [0.1, 0.15) is 33.0 Å². The largest absolute Gasteiger partial charge is 0.477 e. The fourth-order valence-corrected chi connectivity index (χ4v) is 2.81. The van der Waals surface area contributed by atoms with Gasteiger partial charge in [-0.2, -0.15) is 13.2 Å². The van der Waals surface area contributed by atoms with Gasteiger partial charge in [-0.1, -0.05) is 0 Å². The number of benzene rings is 1. The Bertz CT molecular complexity index is 1140. The van der Waals surface area contributed by atoms with Gasteiger partial charge in [-0.3, -0.25) is 4.79 Å². The summed E-state index contributed by atoms with van der Waals surface area (Å²) in [5.74, 6) is -0.984. The van der Waals surface area contributed by atoms with E-state index >= 15 is 0 Å². The normalized spacial score (nSPS) is 11.6. The highest BCUT2D eigenvalue weighted by atomic mass is 19.4. The molecule has 0 saturated heterocycles. The van der Waals surface area contributed by atoms with Crippen molar-refractivity contribution in [2.75, 3.05) is 5.32 Å². The number of nitrogens with zero attached hydrogens (tertiary/aromatic N) is 2. The highest BCUT2D eigenvalue weighted by molar-refractivity contribution is 5.86. The van der Waals surface area contributed by atoms with Crippen molar-refractivity contribution in [1.82, 2.24) is 15.0 Å². The lowest BCUT2D eigenvalue weighted by Gasteiger charge is -2.16. The average Bonchev–Trinajstić information content (AvgIpc) is 2.59. The summed E-state index contributed by atoms with van der Waals surface area (Å²) in [6.07, 6.45) is -3.39. The molecule has 0 atom stereocenters. The van der Waals surface area contributed by atoms with Gasteiger partial charge >= 0.3 is 12.1 Å². The highest BCUT2D eigenvalue weighted by Gasteiger charge is 2.34. The number of nitrogens with one attached hydrogen (secondary N) is 2. The van der Waals surface area contributed by atoms with Gasteiger partial charge in [-0.25, -0.2) is 14.8 Å². The molecular formula is C18H15F3N4O3. The zero-order chi connectivity index (χ0) is 20.6. The molecule has 0 spiro atoms. The molecule has 0 fully saturated rings. The topological polar surface area (TPSA) is 108 Å². The Morgan fingerprint density at radius 3 is 2.57 bits per heavy atom. The third kappa shape index (κ3) is 3.80. The molecule has 0 aliphatic carbocycles. The third-order valence-corrected chi connectivity index (χ3v) is 4.15. The number of aromatic nitrogens is 3. The number of halogens is 3. The second-order valence-electron chi connectivity index (χ2n) is 6.22. The van der Waals surface area contributed by atoms with Crippen LogP contribution in [-0.4, -0.2) is 26.0 Å². The van der Waals surface area contributed by atoms with Gasteiger partial charge in [0.15, 0.2) is 0 Å². The minimum atomic E-state index is -4.64. The van der Waals surface area contributed by atoms with Crippen LogP contribution in [0, 0.1) is 13.8 Å². The predicted molar refractivity (Wildman–Crippen MR) is 95.4 cm³/mol. The van der Waals surface area contributed by atoms with Crippen molar-refractivity contribution < 1.29 is 23.1 Å². The van der Waals surface area contributed by atoms with Gasteiger partial charge in [0, 0.05) is 6.54 Å². The van der Waals surface area contributed by atoms with Crippen molar-refractivity contribution in [3.8, 4) is 0 Å². The van der Waals surface area contributed by atoms with Gasteiger partial charge in [0.1, 0.15) is 11.5 Å². The monoisotopic (exact) mass is 392 g/mol. The van der Waals surface area contributed by atoms with Gasteiger partial charge in [-0.15, -0.1) is 0 Å². The number of hydrogen-bond acceptors (Lipinski definition) is 5. The van der Waals surface area contributed by atoms with Gasteiger partial charge in [0.05, 0.1) is 28.4 Å². The molecule has 3 aromatic rings. The van der Waals surface area contributed by atoms with E-state index in [4.69, 9.17) is 5.11 Å². The maximum atomic E-state index is 13.5. The maximum Gasteiger partial charge on any atom is 0.416 e. The summed E-state index contributed by atoms with van der Waals surface area (Å²) in [4.78, 5) is 33.2. The molecule has 0 saturated carbocycles. The zero-order valence-electron chi connectivity index (χ0n) is 14.8. The van der Waals surface area contributed by atoms with E-state index in [1.165, 1.54) is 19.2 Å². The molecule has 10 heteroatoms. The Labute approximate surface area is 156 Å². The molecule has 3 rings (SSSR count). The third-order valence-electron chi connectivity index (χ3n) is 4.15. The van der Waals surface area contributed by atoms with Crippen LogP contribution in [0.4, 0.5) is 18.9 Å². The molecule has 0 amide bonds. The standard InChI is InChI=1S/C18H15F3N4O3/c1-8-3-14(17(27)28)23-7-15(8)22-6-10-4-11-13(5-12(10)18(19,20)21)24-9(2)25-16(11)26/h3-5,7,22H,6H2,1-2H3,(H,27,28)(H,24,25,26). The van der Waals surface area contributed by atoms with Gasteiger partial charge < -0.3 is 15.4 Å². The van der Waals surface area contributed by atoms with Crippen molar-refractivity contribution in [3.63, 3.8) is 0 Å². The van der Waals surface area contributed by atoms with E-state index in [9.17, 15) is 22.8 Å².